The van der Waals surface area contributed by atoms with Crippen molar-refractivity contribution in [1.82, 2.24) is 9.97 Å². The first-order chi connectivity index (χ1) is 7.66. The molecule has 0 unspecified atom stereocenters. The standard InChI is InChI=1S/C13H14N2O/c1-9-3-11(7-14-5-9)13(16)12-4-10(2)6-15-8-12/h3-8,13,16H,1-2H3. The van der Waals surface area contributed by atoms with Crippen molar-refractivity contribution < 1.29 is 5.11 Å². The van der Waals surface area contributed by atoms with E-state index in [2.05, 4.69) is 9.97 Å². The minimum atomic E-state index is -0.653. The van der Waals surface area contributed by atoms with Gasteiger partial charge in [-0.15, -0.1) is 0 Å². The van der Waals surface area contributed by atoms with Crippen LogP contribution in [0, 0.1) is 13.8 Å². The highest BCUT2D eigenvalue weighted by Crippen LogP contribution is 2.21. The van der Waals surface area contributed by atoms with Crippen molar-refractivity contribution in [3.05, 3.63) is 59.2 Å². The molecule has 2 aromatic heterocycles. The van der Waals surface area contributed by atoms with Crippen molar-refractivity contribution >= 4 is 0 Å². The maximum Gasteiger partial charge on any atom is 0.107 e. The first-order valence-corrected chi connectivity index (χ1v) is 5.18. The van der Waals surface area contributed by atoms with Crippen molar-refractivity contribution in [1.29, 1.82) is 0 Å². The first-order valence-electron chi connectivity index (χ1n) is 5.18. The molecule has 0 aliphatic carbocycles. The van der Waals surface area contributed by atoms with Crippen LogP contribution in [0.15, 0.2) is 36.9 Å². The van der Waals surface area contributed by atoms with E-state index >= 15 is 0 Å². The zero-order valence-electron chi connectivity index (χ0n) is 9.38. The fourth-order valence-electron chi connectivity index (χ4n) is 1.65. The Hall–Kier alpha value is -1.74. The van der Waals surface area contributed by atoms with Gasteiger partial charge in [0.2, 0.25) is 0 Å². The van der Waals surface area contributed by atoms with Crippen LogP contribution in [0.2, 0.25) is 0 Å². The number of aliphatic hydroxyl groups is 1. The fraction of sp³-hybridized carbons (Fsp3) is 0.231. The van der Waals surface area contributed by atoms with Gasteiger partial charge in [0.15, 0.2) is 0 Å². The monoisotopic (exact) mass is 214 g/mol. The molecule has 0 fully saturated rings. The third kappa shape index (κ3) is 2.25. The molecule has 0 radical (unpaired) electrons. The van der Waals surface area contributed by atoms with Crippen LogP contribution in [-0.2, 0) is 0 Å². The van der Waals surface area contributed by atoms with E-state index in [0.717, 1.165) is 22.3 Å². The lowest BCUT2D eigenvalue weighted by molar-refractivity contribution is 0.219. The predicted octanol–water partition coefficient (Wildman–Crippen LogP) is 2.18. The van der Waals surface area contributed by atoms with Crippen molar-refractivity contribution in [3.63, 3.8) is 0 Å². The molecule has 2 rings (SSSR count). The summed E-state index contributed by atoms with van der Waals surface area (Å²) in [5.41, 5.74) is 3.68. The second kappa shape index (κ2) is 4.41. The maximum absolute atomic E-state index is 10.2. The van der Waals surface area contributed by atoms with Gasteiger partial charge >= 0.3 is 0 Å². The molecule has 16 heavy (non-hydrogen) atoms. The molecule has 0 amide bonds. The van der Waals surface area contributed by atoms with Gasteiger partial charge in [0.25, 0.3) is 0 Å². The number of pyridine rings is 2. The van der Waals surface area contributed by atoms with E-state index < -0.39 is 6.10 Å². The van der Waals surface area contributed by atoms with Gasteiger partial charge in [-0.25, -0.2) is 0 Å². The highest BCUT2D eigenvalue weighted by Gasteiger charge is 2.11. The number of aryl methyl sites for hydroxylation is 2. The van der Waals surface area contributed by atoms with Gasteiger partial charge in [-0.05, 0) is 25.0 Å². The summed E-state index contributed by atoms with van der Waals surface area (Å²) >= 11 is 0. The van der Waals surface area contributed by atoms with Crippen LogP contribution in [0.4, 0.5) is 0 Å². The highest BCUT2D eigenvalue weighted by atomic mass is 16.3. The summed E-state index contributed by atoms with van der Waals surface area (Å²) < 4.78 is 0. The molecule has 0 aromatic carbocycles. The van der Waals surface area contributed by atoms with Gasteiger partial charge in [0, 0.05) is 35.9 Å². The number of nitrogens with zero attached hydrogens (tertiary/aromatic N) is 2. The summed E-state index contributed by atoms with van der Waals surface area (Å²) in [4.78, 5) is 8.15. The van der Waals surface area contributed by atoms with Crippen LogP contribution < -0.4 is 0 Å². The first kappa shape index (κ1) is 10.8. The predicted molar refractivity (Wildman–Crippen MR) is 62.0 cm³/mol. The van der Waals surface area contributed by atoms with Crippen LogP contribution in [0.3, 0.4) is 0 Å². The van der Waals surface area contributed by atoms with E-state index in [1.165, 1.54) is 0 Å². The van der Waals surface area contributed by atoms with Crippen LogP contribution >= 0.6 is 0 Å². The molecular weight excluding hydrogens is 200 g/mol. The van der Waals surface area contributed by atoms with Crippen molar-refractivity contribution in [2.75, 3.05) is 0 Å². The van der Waals surface area contributed by atoms with E-state index in [9.17, 15) is 5.11 Å². The second-order valence-corrected chi connectivity index (χ2v) is 3.99. The molecule has 1 N–H and O–H groups in total. The summed E-state index contributed by atoms with van der Waals surface area (Å²) in [6.45, 7) is 3.91. The quantitative estimate of drug-likeness (QED) is 0.833. The summed E-state index contributed by atoms with van der Waals surface area (Å²) in [6.07, 6.45) is 6.25. The summed E-state index contributed by atoms with van der Waals surface area (Å²) in [7, 11) is 0. The highest BCUT2D eigenvalue weighted by molar-refractivity contribution is 5.29. The third-order valence-corrected chi connectivity index (χ3v) is 2.42. The minimum absolute atomic E-state index is 0.653. The largest absolute Gasteiger partial charge is 0.384 e. The lowest BCUT2D eigenvalue weighted by atomic mass is 10.0. The average Bonchev–Trinajstić information content (AvgIpc) is 2.28. The Morgan fingerprint density at radius 2 is 1.31 bits per heavy atom. The van der Waals surface area contributed by atoms with Crippen molar-refractivity contribution in [2.24, 2.45) is 0 Å². The van der Waals surface area contributed by atoms with Gasteiger partial charge in [-0.1, -0.05) is 12.1 Å². The van der Waals surface area contributed by atoms with E-state index in [1.54, 1.807) is 24.8 Å². The van der Waals surface area contributed by atoms with E-state index in [4.69, 9.17) is 0 Å². The zero-order chi connectivity index (χ0) is 11.5. The number of aliphatic hydroxyl groups excluding tert-OH is 1. The van der Waals surface area contributed by atoms with Gasteiger partial charge in [-0.3, -0.25) is 9.97 Å². The number of hydrogen-bond acceptors (Lipinski definition) is 3. The maximum atomic E-state index is 10.2. The molecule has 0 saturated heterocycles. The molecule has 2 aromatic rings. The molecular formula is C13H14N2O. The van der Waals surface area contributed by atoms with Crippen molar-refractivity contribution in [3.8, 4) is 0 Å². The molecule has 0 spiro atoms. The van der Waals surface area contributed by atoms with Gasteiger partial charge in [0.1, 0.15) is 6.10 Å². The molecule has 3 nitrogen and oxygen atoms in total. The Labute approximate surface area is 94.8 Å². The molecule has 0 aliphatic heterocycles. The van der Waals surface area contributed by atoms with Crippen LogP contribution in [0.25, 0.3) is 0 Å². The Kier molecular flexibility index (Phi) is 2.97. The summed E-state index contributed by atoms with van der Waals surface area (Å²) in [5, 5.41) is 10.2. The molecule has 0 atom stereocenters. The van der Waals surface area contributed by atoms with Crippen LogP contribution in [0.1, 0.15) is 28.4 Å². The Balaban J connectivity index is 2.35. The van der Waals surface area contributed by atoms with Crippen LogP contribution in [0.5, 0.6) is 0 Å². The summed E-state index contributed by atoms with van der Waals surface area (Å²) in [5.74, 6) is 0. The Morgan fingerprint density at radius 3 is 1.69 bits per heavy atom. The smallest absolute Gasteiger partial charge is 0.107 e. The Bertz CT molecular complexity index is 451. The van der Waals surface area contributed by atoms with E-state index in [-0.39, 0.29) is 0 Å². The molecule has 0 bridgehead atoms. The number of hydrogen-bond donors (Lipinski definition) is 1. The van der Waals surface area contributed by atoms with Gasteiger partial charge < -0.3 is 5.11 Å². The second-order valence-electron chi connectivity index (χ2n) is 3.99. The summed E-state index contributed by atoms with van der Waals surface area (Å²) in [6, 6.07) is 3.86. The zero-order valence-corrected chi connectivity index (χ0v) is 9.38. The SMILES string of the molecule is Cc1cncc(C(O)c2cncc(C)c2)c1. The minimum Gasteiger partial charge on any atom is -0.384 e. The van der Waals surface area contributed by atoms with Crippen LogP contribution in [-0.4, -0.2) is 15.1 Å². The van der Waals surface area contributed by atoms with Gasteiger partial charge in [0.05, 0.1) is 0 Å². The van der Waals surface area contributed by atoms with E-state index in [1.807, 2.05) is 26.0 Å². The molecule has 82 valence electrons. The van der Waals surface area contributed by atoms with Crippen molar-refractivity contribution in [2.45, 2.75) is 20.0 Å². The average molecular weight is 214 g/mol. The number of rotatable bonds is 2. The van der Waals surface area contributed by atoms with E-state index in [0.29, 0.717) is 0 Å². The fourth-order valence-corrected chi connectivity index (χ4v) is 1.65. The molecule has 0 aliphatic rings. The number of aromatic nitrogens is 2. The molecule has 2 heterocycles. The molecule has 3 heteroatoms. The van der Waals surface area contributed by atoms with Gasteiger partial charge in [-0.2, -0.15) is 0 Å². The third-order valence-electron chi connectivity index (χ3n) is 2.42. The lowest BCUT2D eigenvalue weighted by Crippen LogP contribution is -2.01. The molecule has 0 saturated carbocycles. The normalized spacial score (nSPS) is 10.8. The lowest BCUT2D eigenvalue weighted by Gasteiger charge is -2.11. The topological polar surface area (TPSA) is 46.0 Å². The Morgan fingerprint density at radius 1 is 0.875 bits per heavy atom.